The number of hydrogen-bond donors (Lipinski definition) is 0. The molecule has 130 valence electrons. The Hall–Kier alpha value is -1.56. The minimum Gasteiger partial charge on any atom is -0.493 e. The van der Waals surface area contributed by atoms with E-state index in [4.69, 9.17) is 4.74 Å². The zero-order valence-electron chi connectivity index (χ0n) is 14.4. The van der Waals surface area contributed by atoms with Gasteiger partial charge in [0.05, 0.1) is 11.5 Å². The number of nitrogens with zero attached hydrogens (tertiary/aromatic N) is 1. The smallest absolute Gasteiger partial charge is 0.225 e. The van der Waals surface area contributed by atoms with Crippen molar-refractivity contribution < 1.29 is 17.9 Å². The summed E-state index contributed by atoms with van der Waals surface area (Å²) in [6.07, 6.45) is 3.77. The molecular formula is C17H27NO4S. The highest BCUT2D eigenvalue weighted by atomic mass is 32.2. The third-order valence-corrected chi connectivity index (χ3v) is 4.77. The molecule has 1 atom stereocenters. The van der Waals surface area contributed by atoms with Gasteiger partial charge in [-0.2, -0.15) is 0 Å². The van der Waals surface area contributed by atoms with Gasteiger partial charge in [-0.25, -0.2) is 8.42 Å². The van der Waals surface area contributed by atoms with Gasteiger partial charge in [0.2, 0.25) is 5.91 Å². The van der Waals surface area contributed by atoms with Gasteiger partial charge in [-0.05, 0) is 31.0 Å². The van der Waals surface area contributed by atoms with E-state index in [1.54, 1.807) is 30.1 Å². The summed E-state index contributed by atoms with van der Waals surface area (Å²) in [6.45, 7) is 5.09. The molecule has 0 aliphatic rings. The van der Waals surface area contributed by atoms with Crippen molar-refractivity contribution in [2.24, 2.45) is 5.92 Å². The Kier molecular flexibility index (Phi) is 7.55. The van der Waals surface area contributed by atoms with E-state index in [0.717, 1.165) is 12.8 Å². The Morgan fingerprint density at radius 1 is 1.35 bits per heavy atom. The molecule has 0 bridgehead atoms. The number of ether oxygens (including phenoxy) is 1. The van der Waals surface area contributed by atoms with Crippen molar-refractivity contribution in [3.05, 3.63) is 24.3 Å². The number of benzene rings is 1. The first kappa shape index (κ1) is 19.5. The first-order chi connectivity index (χ1) is 10.8. The largest absolute Gasteiger partial charge is 0.493 e. The molecule has 0 aliphatic carbocycles. The van der Waals surface area contributed by atoms with Gasteiger partial charge in [0.15, 0.2) is 9.84 Å². The van der Waals surface area contributed by atoms with E-state index in [0.29, 0.717) is 25.3 Å². The minimum absolute atomic E-state index is 0.0531. The number of carbonyl (C=O) groups excluding carboxylic acids is 1. The highest BCUT2D eigenvalue weighted by Gasteiger charge is 2.16. The summed E-state index contributed by atoms with van der Waals surface area (Å²) in [7, 11) is -1.42. The zero-order valence-corrected chi connectivity index (χ0v) is 15.2. The summed E-state index contributed by atoms with van der Waals surface area (Å²) in [5.41, 5.74) is 0. The molecule has 0 aromatic heterocycles. The fraction of sp³-hybridized carbons (Fsp3) is 0.588. The van der Waals surface area contributed by atoms with E-state index in [9.17, 15) is 13.2 Å². The van der Waals surface area contributed by atoms with E-state index in [2.05, 4.69) is 6.92 Å². The van der Waals surface area contributed by atoms with Crippen molar-refractivity contribution in [1.82, 2.24) is 4.90 Å². The van der Waals surface area contributed by atoms with Gasteiger partial charge in [-0.1, -0.05) is 26.3 Å². The molecule has 23 heavy (non-hydrogen) atoms. The summed E-state index contributed by atoms with van der Waals surface area (Å²) in [5.74, 6) is 0.740. The second kappa shape index (κ2) is 8.91. The van der Waals surface area contributed by atoms with Crippen LogP contribution in [0.5, 0.6) is 5.75 Å². The molecule has 0 N–H and O–H groups in total. The molecule has 0 radical (unpaired) electrons. The first-order valence-electron chi connectivity index (χ1n) is 7.93. The molecule has 1 aromatic carbocycles. The maximum absolute atomic E-state index is 12.1. The number of carbonyl (C=O) groups is 1. The van der Waals surface area contributed by atoms with Crippen LogP contribution in [-0.2, 0) is 14.6 Å². The quantitative estimate of drug-likeness (QED) is 0.648. The summed E-state index contributed by atoms with van der Waals surface area (Å²) in [4.78, 5) is 14.0. The Balaban J connectivity index is 2.42. The van der Waals surface area contributed by atoms with E-state index in [1.165, 1.54) is 12.3 Å². The molecule has 1 aromatic rings. The van der Waals surface area contributed by atoms with Gasteiger partial charge in [0.25, 0.3) is 0 Å². The van der Waals surface area contributed by atoms with E-state index < -0.39 is 9.84 Å². The van der Waals surface area contributed by atoms with E-state index in [1.807, 2.05) is 6.92 Å². The molecule has 0 spiro atoms. The monoisotopic (exact) mass is 341 g/mol. The van der Waals surface area contributed by atoms with Crippen molar-refractivity contribution in [3.63, 3.8) is 0 Å². The maximum Gasteiger partial charge on any atom is 0.225 e. The van der Waals surface area contributed by atoms with Gasteiger partial charge in [-0.3, -0.25) is 4.79 Å². The highest BCUT2D eigenvalue weighted by molar-refractivity contribution is 7.90. The lowest BCUT2D eigenvalue weighted by Gasteiger charge is -2.21. The molecule has 0 heterocycles. The maximum atomic E-state index is 12.1. The molecule has 1 unspecified atom stereocenters. The lowest BCUT2D eigenvalue weighted by atomic mass is 10.1. The van der Waals surface area contributed by atoms with Crippen molar-refractivity contribution >= 4 is 15.7 Å². The Labute approximate surface area is 139 Å². The standard InChI is InChI=1S/C17H27NO4S/c1-5-8-14(2)17(19)18(3)11-7-12-22-15-9-6-10-16(13-15)23(4,20)21/h6,9-10,13-14H,5,7-8,11-12H2,1-4H3. The molecule has 0 saturated heterocycles. The fourth-order valence-corrected chi connectivity index (χ4v) is 2.99. The molecule has 5 nitrogen and oxygen atoms in total. The lowest BCUT2D eigenvalue weighted by Crippen LogP contribution is -2.33. The lowest BCUT2D eigenvalue weighted by molar-refractivity contribution is -0.133. The summed E-state index contributed by atoms with van der Waals surface area (Å²) in [6, 6.07) is 6.46. The van der Waals surface area contributed by atoms with Crippen LogP contribution < -0.4 is 4.74 Å². The van der Waals surface area contributed by atoms with Gasteiger partial charge >= 0.3 is 0 Å². The van der Waals surface area contributed by atoms with Crippen molar-refractivity contribution in [3.8, 4) is 5.75 Å². The molecule has 0 saturated carbocycles. The number of amides is 1. The Bertz CT molecular complexity index is 613. The SMILES string of the molecule is CCCC(C)C(=O)N(C)CCCOc1cccc(S(C)(=O)=O)c1. The highest BCUT2D eigenvalue weighted by Crippen LogP contribution is 2.17. The second-order valence-corrected chi connectivity index (χ2v) is 7.91. The normalized spacial score (nSPS) is 12.7. The molecule has 1 amide bonds. The predicted molar refractivity (Wildman–Crippen MR) is 91.4 cm³/mol. The topological polar surface area (TPSA) is 63.7 Å². The van der Waals surface area contributed by atoms with Crippen LogP contribution in [-0.4, -0.2) is 45.7 Å². The van der Waals surface area contributed by atoms with Crippen molar-refractivity contribution in [1.29, 1.82) is 0 Å². The first-order valence-corrected chi connectivity index (χ1v) is 9.82. The van der Waals surface area contributed by atoms with Crippen LogP contribution in [0.1, 0.15) is 33.1 Å². The van der Waals surface area contributed by atoms with Crippen LogP contribution in [0, 0.1) is 5.92 Å². The fourth-order valence-electron chi connectivity index (χ4n) is 2.33. The van der Waals surface area contributed by atoms with Gasteiger partial charge in [-0.15, -0.1) is 0 Å². The zero-order chi connectivity index (χ0) is 17.5. The third kappa shape index (κ3) is 6.60. The third-order valence-electron chi connectivity index (χ3n) is 3.66. The predicted octanol–water partition coefficient (Wildman–Crippen LogP) is 2.75. The Morgan fingerprint density at radius 2 is 2.04 bits per heavy atom. The van der Waals surface area contributed by atoms with Gasteiger partial charge in [0, 0.05) is 25.8 Å². The molecule has 1 rings (SSSR count). The van der Waals surface area contributed by atoms with Gasteiger partial charge in [0.1, 0.15) is 5.75 Å². The molecule has 0 aliphatic heterocycles. The molecule has 6 heteroatoms. The number of sulfone groups is 1. The van der Waals surface area contributed by atoms with Crippen LogP contribution in [0.4, 0.5) is 0 Å². The number of hydrogen-bond acceptors (Lipinski definition) is 4. The molecule has 0 fully saturated rings. The average molecular weight is 341 g/mol. The number of rotatable bonds is 9. The summed E-state index contributed by atoms with van der Waals surface area (Å²) < 4.78 is 28.6. The van der Waals surface area contributed by atoms with E-state index in [-0.39, 0.29) is 16.7 Å². The van der Waals surface area contributed by atoms with Crippen LogP contribution in [0.2, 0.25) is 0 Å². The van der Waals surface area contributed by atoms with Gasteiger partial charge < -0.3 is 9.64 Å². The van der Waals surface area contributed by atoms with Crippen molar-refractivity contribution in [2.75, 3.05) is 26.5 Å². The Morgan fingerprint density at radius 3 is 2.65 bits per heavy atom. The second-order valence-electron chi connectivity index (χ2n) is 5.90. The van der Waals surface area contributed by atoms with Crippen molar-refractivity contribution in [2.45, 2.75) is 38.0 Å². The van der Waals surface area contributed by atoms with Crippen LogP contribution >= 0.6 is 0 Å². The minimum atomic E-state index is -3.23. The average Bonchev–Trinajstić information content (AvgIpc) is 2.50. The molecular weight excluding hydrogens is 314 g/mol. The van der Waals surface area contributed by atoms with E-state index >= 15 is 0 Å². The van der Waals surface area contributed by atoms with Crippen LogP contribution in [0.15, 0.2) is 29.2 Å². The summed E-state index contributed by atoms with van der Waals surface area (Å²) in [5, 5.41) is 0. The van der Waals surface area contributed by atoms with Crippen LogP contribution in [0.25, 0.3) is 0 Å². The van der Waals surface area contributed by atoms with Crippen LogP contribution in [0.3, 0.4) is 0 Å². The summed E-state index contributed by atoms with van der Waals surface area (Å²) >= 11 is 0.